The molecule has 1 amide bonds. The number of rotatable bonds is 7. The molecule has 0 aromatic heterocycles. The van der Waals surface area contributed by atoms with Crippen LogP contribution in [-0.4, -0.2) is 48.7 Å². The lowest BCUT2D eigenvalue weighted by Crippen LogP contribution is -2.34. The molecule has 1 aliphatic heterocycles. The van der Waals surface area contributed by atoms with Crippen LogP contribution in [0, 0.1) is 5.92 Å². The van der Waals surface area contributed by atoms with Crippen molar-refractivity contribution in [2.45, 2.75) is 38.5 Å². The second-order valence-electron chi connectivity index (χ2n) is 4.96. The minimum atomic E-state index is -0.796. The van der Waals surface area contributed by atoms with Crippen LogP contribution in [0.25, 0.3) is 0 Å². The van der Waals surface area contributed by atoms with E-state index in [1.165, 1.54) is 0 Å². The number of carboxylic acids is 1. The molecule has 5 nitrogen and oxygen atoms in total. The normalized spacial score (nSPS) is 19.5. The first-order valence-electron chi connectivity index (χ1n) is 6.63. The van der Waals surface area contributed by atoms with Crippen LogP contribution in [-0.2, 0) is 14.3 Å². The Morgan fingerprint density at radius 3 is 2.67 bits per heavy atom. The molecule has 1 N–H and O–H groups in total. The third-order valence-electron chi connectivity index (χ3n) is 3.24. The van der Waals surface area contributed by atoms with E-state index in [1.807, 2.05) is 7.05 Å². The number of unbranched alkanes of at least 4 members (excludes halogenated alkanes) is 1. The summed E-state index contributed by atoms with van der Waals surface area (Å²) in [4.78, 5) is 23.9. The summed E-state index contributed by atoms with van der Waals surface area (Å²) in [6.07, 6.45) is 4.00. The molecule has 0 aromatic carbocycles. The Morgan fingerprint density at radius 2 is 2.06 bits per heavy atom. The predicted octanol–water partition coefficient (Wildman–Crippen LogP) is 1.52. The molecule has 1 unspecified atom stereocenters. The van der Waals surface area contributed by atoms with Gasteiger partial charge in [-0.1, -0.05) is 0 Å². The Bertz CT molecular complexity index is 274. The first kappa shape index (κ1) is 15.0. The quantitative estimate of drug-likeness (QED) is 0.702. The summed E-state index contributed by atoms with van der Waals surface area (Å²) in [5.41, 5.74) is 0. The second-order valence-corrected chi connectivity index (χ2v) is 4.96. The highest BCUT2D eigenvalue weighted by Gasteiger charge is 2.18. The average molecular weight is 257 g/mol. The molecule has 1 atom stereocenters. The first-order valence-corrected chi connectivity index (χ1v) is 6.63. The maximum Gasteiger partial charge on any atom is 0.303 e. The van der Waals surface area contributed by atoms with Crippen molar-refractivity contribution in [3.05, 3.63) is 0 Å². The Morgan fingerprint density at radius 1 is 1.33 bits per heavy atom. The van der Waals surface area contributed by atoms with E-state index in [9.17, 15) is 9.59 Å². The van der Waals surface area contributed by atoms with Gasteiger partial charge in [-0.3, -0.25) is 9.59 Å². The van der Waals surface area contributed by atoms with E-state index in [-0.39, 0.29) is 12.3 Å². The van der Waals surface area contributed by atoms with Crippen molar-refractivity contribution in [2.75, 3.05) is 26.8 Å². The number of carbonyl (C=O) groups excluding carboxylic acids is 1. The Hall–Kier alpha value is -1.10. The molecule has 0 saturated carbocycles. The van der Waals surface area contributed by atoms with Gasteiger partial charge in [0.25, 0.3) is 0 Å². The maximum absolute atomic E-state index is 11.8. The van der Waals surface area contributed by atoms with Crippen LogP contribution in [0.3, 0.4) is 0 Å². The Kier molecular flexibility index (Phi) is 6.72. The summed E-state index contributed by atoms with van der Waals surface area (Å²) >= 11 is 0. The summed E-state index contributed by atoms with van der Waals surface area (Å²) in [6, 6.07) is 0. The van der Waals surface area contributed by atoms with Gasteiger partial charge >= 0.3 is 5.97 Å². The topological polar surface area (TPSA) is 66.8 Å². The third kappa shape index (κ3) is 6.00. The average Bonchev–Trinajstić information content (AvgIpc) is 2.35. The fraction of sp³-hybridized carbons (Fsp3) is 0.846. The molecular weight excluding hydrogens is 234 g/mol. The van der Waals surface area contributed by atoms with E-state index >= 15 is 0 Å². The van der Waals surface area contributed by atoms with Crippen LogP contribution >= 0.6 is 0 Å². The minimum Gasteiger partial charge on any atom is -0.481 e. The molecule has 1 rings (SSSR count). The van der Waals surface area contributed by atoms with Gasteiger partial charge in [-0.25, -0.2) is 0 Å². The number of carbonyl (C=O) groups is 2. The fourth-order valence-electron chi connectivity index (χ4n) is 2.18. The zero-order valence-electron chi connectivity index (χ0n) is 11.1. The molecule has 0 aliphatic carbocycles. The van der Waals surface area contributed by atoms with Crippen LogP contribution in [0.4, 0.5) is 0 Å². The lowest BCUT2D eigenvalue weighted by Gasteiger charge is -2.27. The smallest absolute Gasteiger partial charge is 0.303 e. The number of amides is 1. The van der Waals surface area contributed by atoms with Gasteiger partial charge in [0, 0.05) is 33.0 Å². The molecule has 104 valence electrons. The van der Waals surface area contributed by atoms with Crippen LogP contribution < -0.4 is 0 Å². The van der Waals surface area contributed by atoms with Gasteiger partial charge in [0.15, 0.2) is 0 Å². The molecule has 1 saturated heterocycles. The molecule has 0 aromatic rings. The maximum atomic E-state index is 11.8. The molecule has 0 spiro atoms. The van der Waals surface area contributed by atoms with Gasteiger partial charge in [-0.15, -0.1) is 0 Å². The SMILES string of the molecule is CN(CC1CCCOC1)C(=O)CCCCC(=O)O. The van der Waals surface area contributed by atoms with Gasteiger partial charge in [-0.2, -0.15) is 0 Å². The summed E-state index contributed by atoms with van der Waals surface area (Å²) in [6.45, 7) is 2.33. The van der Waals surface area contributed by atoms with E-state index in [4.69, 9.17) is 9.84 Å². The highest BCUT2D eigenvalue weighted by atomic mass is 16.5. The third-order valence-corrected chi connectivity index (χ3v) is 3.24. The minimum absolute atomic E-state index is 0.103. The number of hydrogen-bond donors (Lipinski definition) is 1. The number of aliphatic carboxylic acids is 1. The van der Waals surface area contributed by atoms with Crippen molar-refractivity contribution in [3.8, 4) is 0 Å². The monoisotopic (exact) mass is 257 g/mol. The van der Waals surface area contributed by atoms with Gasteiger partial charge in [0.05, 0.1) is 6.61 Å². The highest BCUT2D eigenvalue weighted by molar-refractivity contribution is 5.75. The van der Waals surface area contributed by atoms with Crippen LogP contribution in [0.5, 0.6) is 0 Å². The molecule has 0 radical (unpaired) electrons. The molecule has 1 aliphatic rings. The van der Waals surface area contributed by atoms with Gasteiger partial charge < -0.3 is 14.7 Å². The fourth-order valence-corrected chi connectivity index (χ4v) is 2.18. The van der Waals surface area contributed by atoms with E-state index in [0.717, 1.165) is 32.6 Å². The second kappa shape index (κ2) is 8.08. The lowest BCUT2D eigenvalue weighted by molar-refractivity contribution is -0.137. The van der Waals surface area contributed by atoms with Crippen molar-refractivity contribution in [3.63, 3.8) is 0 Å². The van der Waals surface area contributed by atoms with E-state index in [1.54, 1.807) is 4.90 Å². The summed E-state index contributed by atoms with van der Waals surface area (Å²) in [5, 5.41) is 8.50. The lowest BCUT2D eigenvalue weighted by atomic mass is 10.0. The molecule has 1 fully saturated rings. The highest BCUT2D eigenvalue weighted by Crippen LogP contribution is 2.15. The van der Waals surface area contributed by atoms with Gasteiger partial charge in [-0.05, 0) is 31.6 Å². The van der Waals surface area contributed by atoms with Gasteiger partial charge in [0.1, 0.15) is 0 Å². The molecule has 0 bridgehead atoms. The molecule has 18 heavy (non-hydrogen) atoms. The van der Waals surface area contributed by atoms with Crippen molar-refractivity contribution < 1.29 is 19.4 Å². The summed E-state index contributed by atoms with van der Waals surface area (Å²) < 4.78 is 5.38. The van der Waals surface area contributed by atoms with Crippen LogP contribution in [0.1, 0.15) is 38.5 Å². The van der Waals surface area contributed by atoms with Crippen molar-refractivity contribution >= 4 is 11.9 Å². The largest absolute Gasteiger partial charge is 0.481 e. The van der Waals surface area contributed by atoms with Crippen LogP contribution in [0.2, 0.25) is 0 Å². The molecule has 1 heterocycles. The van der Waals surface area contributed by atoms with Crippen molar-refractivity contribution in [2.24, 2.45) is 5.92 Å². The van der Waals surface area contributed by atoms with Crippen molar-refractivity contribution in [1.29, 1.82) is 0 Å². The zero-order chi connectivity index (χ0) is 13.4. The van der Waals surface area contributed by atoms with E-state index in [2.05, 4.69) is 0 Å². The number of carboxylic acid groups (broad SMARTS) is 1. The number of hydrogen-bond acceptors (Lipinski definition) is 3. The summed E-state index contributed by atoms with van der Waals surface area (Å²) in [7, 11) is 1.81. The Balaban J connectivity index is 2.13. The summed E-state index contributed by atoms with van der Waals surface area (Å²) in [5.74, 6) is -0.243. The number of ether oxygens (including phenoxy) is 1. The molecule has 5 heteroatoms. The Labute approximate surface area is 108 Å². The first-order chi connectivity index (χ1) is 8.59. The van der Waals surface area contributed by atoms with E-state index in [0.29, 0.717) is 25.2 Å². The molecular formula is C13H23NO4. The predicted molar refractivity (Wildman–Crippen MR) is 67.3 cm³/mol. The zero-order valence-corrected chi connectivity index (χ0v) is 11.1. The number of nitrogens with zero attached hydrogens (tertiary/aromatic N) is 1. The van der Waals surface area contributed by atoms with Crippen molar-refractivity contribution in [1.82, 2.24) is 4.90 Å². The standard InChI is InChI=1S/C13H23NO4/c1-14(9-11-5-4-8-18-10-11)12(15)6-2-3-7-13(16)17/h11H,2-10H2,1H3,(H,16,17). The van der Waals surface area contributed by atoms with E-state index < -0.39 is 5.97 Å². The van der Waals surface area contributed by atoms with Crippen LogP contribution in [0.15, 0.2) is 0 Å². The van der Waals surface area contributed by atoms with Gasteiger partial charge in [0.2, 0.25) is 5.91 Å².